The number of hydrogen-bond donors (Lipinski definition) is 1. The van der Waals surface area contributed by atoms with E-state index in [2.05, 4.69) is 5.32 Å². The molecular weight excluding hydrogens is 650 g/mol. The summed E-state index contributed by atoms with van der Waals surface area (Å²) >= 11 is 19.0. The molecule has 0 radical (unpaired) electrons. The lowest BCUT2D eigenvalue weighted by Crippen LogP contribution is -2.54. The highest BCUT2D eigenvalue weighted by atomic mass is 35.5. The van der Waals surface area contributed by atoms with Crippen molar-refractivity contribution < 1.29 is 31.2 Å². The Kier molecular flexibility index (Phi) is 11.4. The standard InChI is InChI=1S/C29H29Cl3F3N3O4S/c1-18(2)36-28(40)26(14-19-8-5-4-6-9-19)37(16-21-22(30)10-7-11-23(21)31)27(39)17-38(43(3,41)42)25-15-20(29(33,34)35)12-13-24(25)32/h4-13,15,18,26H,14,16-17H2,1-3H3,(H,36,40). The minimum absolute atomic E-state index is 0.0242. The fraction of sp³-hybridized carbons (Fsp3) is 0.310. The summed E-state index contributed by atoms with van der Waals surface area (Å²) in [6, 6.07) is 14.1. The zero-order chi connectivity index (χ0) is 32.1. The Morgan fingerprint density at radius 2 is 1.51 bits per heavy atom. The van der Waals surface area contributed by atoms with Gasteiger partial charge in [-0.2, -0.15) is 13.2 Å². The van der Waals surface area contributed by atoms with E-state index in [0.717, 1.165) is 17.2 Å². The number of sulfonamides is 1. The Balaban J connectivity index is 2.16. The zero-order valence-corrected chi connectivity index (χ0v) is 26.4. The van der Waals surface area contributed by atoms with Crippen LogP contribution in [0.15, 0.2) is 66.7 Å². The SMILES string of the molecule is CC(C)NC(=O)C(Cc1ccccc1)N(Cc1c(Cl)cccc1Cl)C(=O)CN(c1cc(C(F)(F)F)ccc1Cl)S(C)(=O)=O. The van der Waals surface area contributed by atoms with Crippen molar-refractivity contribution in [1.29, 1.82) is 0 Å². The molecule has 3 aromatic rings. The molecule has 7 nitrogen and oxygen atoms in total. The van der Waals surface area contributed by atoms with E-state index in [1.54, 1.807) is 50.2 Å². The van der Waals surface area contributed by atoms with Crippen molar-refractivity contribution >= 4 is 62.3 Å². The number of alkyl halides is 3. The number of halogens is 6. The van der Waals surface area contributed by atoms with Gasteiger partial charge in [0, 0.05) is 34.6 Å². The number of amides is 2. The minimum atomic E-state index is -4.81. The average molecular weight is 679 g/mol. The van der Waals surface area contributed by atoms with Crippen LogP contribution in [-0.4, -0.2) is 50.0 Å². The van der Waals surface area contributed by atoms with Crippen LogP contribution < -0.4 is 9.62 Å². The fourth-order valence-corrected chi connectivity index (χ4v) is 5.90. The molecule has 3 aromatic carbocycles. The van der Waals surface area contributed by atoms with Crippen LogP contribution in [-0.2, 0) is 38.8 Å². The number of benzene rings is 3. The maximum atomic E-state index is 14.1. The largest absolute Gasteiger partial charge is 0.416 e. The summed E-state index contributed by atoms with van der Waals surface area (Å²) in [6.45, 7) is 2.18. The van der Waals surface area contributed by atoms with Gasteiger partial charge in [-0.3, -0.25) is 13.9 Å². The predicted molar refractivity (Wildman–Crippen MR) is 163 cm³/mol. The molecule has 232 valence electrons. The molecule has 2 amide bonds. The Bertz CT molecular complexity index is 1550. The molecule has 0 fully saturated rings. The minimum Gasteiger partial charge on any atom is -0.352 e. The highest BCUT2D eigenvalue weighted by molar-refractivity contribution is 7.92. The van der Waals surface area contributed by atoms with E-state index in [4.69, 9.17) is 34.8 Å². The van der Waals surface area contributed by atoms with Gasteiger partial charge in [-0.25, -0.2) is 8.42 Å². The van der Waals surface area contributed by atoms with Gasteiger partial charge in [-0.1, -0.05) is 71.2 Å². The summed E-state index contributed by atoms with van der Waals surface area (Å²) in [6.07, 6.45) is -4.05. The maximum absolute atomic E-state index is 14.1. The topological polar surface area (TPSA) is 86.8 Å². The lowest BCUT2D eigenvalue weighted by atomic mass is 10.0. The van der Waals surface area contributed by atoms with Crippen LogP contribution >= 0.6 is 34.8 Å². The van der Waals surface area contributed by atoms with Crippen molar-refractivity contribution in [2.75, 3.05) is 17.1 Å². The van der Waals surface area contributed by atoms with E-state index < -0.39 is 51.9 Å². The lowest BCUT2D eigenvalue weighted by Gasteiger charge is -2.34. The van der Waals surface area contributed by atoms with Crippen LogP contribution in [0.4, 0.5) is 18.9 Å². The number of nitrogens with one attached hydrogen (secondary N) is 1. The number of nitrogens with zero attached hydrogens (tertiary/aromatic N) is 2. The van der Waals surface area contributed by atoms with E-state index in [1.807, 2.05) is 0 Å². The third-order valence-electron chi connectivity index (χ3n) is 6.31. The second-order valence-corrected chi connectivity index (χ2v) is 13.2. The first-order valence-corrected chi connectivity index (χ1v) is 15.9. The summed E-state index contributed by atoms with van der Waals surface area (Å²) in [5, 5.41) is 2.83. The highest BCUT2D eigenvalue weighted by Crippen LogP contribution is 2.36. The number of rotatable bonds is 11. The van der Waals surface area contributed by atoms with Gasteiger partial charge >= 0.3 is 6.18 Å². The Labute approximate surface area is 263 Å². The van der Waals surface area contributed by atoms with Gasteiger partial charge in [-0.15, -0.1) is 0 Å². The normalized spacial score (nSPS) is 12.6. The third kappa shape index (κ3) is 9.25. The molecule has 0 saturated heterocycles. The smallest absolute Gasteiger partial charge is 0.352 e. The van der Waals surface area contributed by atoms with E-state index in [0.29, 0.717) is 22.0 Å². The molecule has 0 bridgehead atoms. The molecule has 0 aromatic heterocycles. The first-order chi connectivity index (χ1) is 20.0. The average Bonchev–Trinajstić information content (AvgIpc) is 2.90. The van der Waals surface area contributed by atoms with Gasteiger partial charge in [0.2, 0.25) is 21.8 Å². The highest BCUT2D eigenvalue weighted by Gasteiger charge is 2.36. The monoisotopic (exact) mass is 677 g/mol. The van der Waals surface area contributed by atoms with Gasteiger partial charge in [0.25, 0.3) is 0 Å². The van der Waals surface area contributed by atoms with Crippen molar-refractivity contribution in [3.63, 3.8) is 0 Å². The summed E-state index contributed by atoms with van der Waals surface area (Å²) in [4.78, 5) is 28.8. The maximum Gasteiger partial charge on any atom is 0.416 e. The summed E-state index contributed by atoms with van der Waals surface area (Å²) in [5.41, 5.74) is -0.728. The van der Waals surface area contributed by atoms with E-state index in [9.17, 15) is 31.2 Å². The molecule has 1 unspecified atom stereocenters. The van der Waals surface area contributed by atoms with E-state index in [1.165, 1.54) is 12.1 Å². The van der Waals surface area contributed by atoms with Gasteiger partial charge in [-0.05, 0) is 49.7 Å². The molecule has 1 atom stereocenters. The summed E-state index contributed by atoms with van der Waals surface area (Å²) in [5.74, 6) is -1.45. The number of hydrogen-bond acceptors (Lipinski definition) is 4. The molecule has 1 N–H and O–H groups in total. The zero-order valence-electron chi connectivity index (χ0n) is 23.3. The molecule has 0 heterocycles. The van der Waals surface area contributed by atoms with Crippen molar-refractivity contribution in [2.45, 2.75) is 45.1 Å². The first-order valence-electron chi connectivity index (χ1n) is 12.9. The molecule has 3 rings (SSSR count). The summed E-state index contributed by atoms with van der Waals surface area (Å²) in [7, 11) is -4.36. The Morgan fingerprint density at radius 3 is 2.05 bits per heavy atom. The quantitative estimate of drug-likeness (QED) is 0.248. The second-order valence-electron chi connectivity index (χ2n) is 10.0. The Hall–Kier alpha value is -2.99. The van der Waals surface area contributed by atoms with Crippen LogP contribution in [0, 0.1) is 0 Å². The van der Waals surface area contributed by atoms with Crippen molar-refractivity contribution in [1.82, 2.24) is 10.2 Å². The number of carbonyl (C=O) groups excluding carboxylic acids is 2. The van der Waals surface area contributed by atoms with Crippen LogP contribution in [0.1, 0.15) is 30.5 Å². The van der Waals surface area contributed by atoms with Crippen LogP contribution in [0.3, 0.4) is 0 Å². The fourth-order valence-electron chi connectivity index (χ4n) is 4.26. The molecule has 43 heavy (non-hydrogen) atoms. The van der Waals surface area contributed by atoms with Crippen LogP contribution in [0.25, 0.3) is 0 Å². The van der Waals surface area contributed by atoms with Crippen molar-refractivity contribution in [3.8, 4) is 0 Å². The molecule has 14 heteroatoms. The van der Waals surface area contributed by atoms with Gasteiger partial charge in [0.05, 0.1) is 22.5 Å². The van der Waals surface area contributed by atoms with Crippen molar-refractivity contribution in [2.24, 2.45) is 0 Å². The molecule has 0 saturated carbocycles. The van der Waals surface area contributed by atoms with Gasteiger partial charge in [0.1, 0.15) is 12.6 Å². The van der Waals surface area contributed by atoms with Crippen LogP contribution in [0.5, 0.6) is 0 Å². The number of carbonyl (C=O) groups is 2. The van der Waals surface area contributed by atoms with Gasteiger partial charge < -0.3 is 10.2 Å². The van der Waals surface area contributed by atoms with Crippen molar-refractivity contribution in [3.05, 3.63) is 98.5 Å². The van der Waals surface area contributed by atoms with Crippen LogP contribution in [0.2, 0.25) is 15.1 Å². The molecular formula is C29H29Cl3F3N3O4S. The molecule has 0 aliphatic heterocycles. The second kappa shape index (κ2) is 14.2. The third-order valence-corrected chi connectivity index (χ3v) is 8.47. The molecule has 0 aliphatic rings. The Morgan fingerprint density at radius 1 is 0.907 bits per heavy atom. The van der Waals surface area contributed by atoms with Gasteiger partial charge in [0.15, 0.2) is 0 Å². The predicted octanol–water partition coefficient (Wildman–Crippen LogP) is 6.60. The molecule has 0 spiro atoms. The lowest BCUT2D eigenvalue weighted by molar-refractivity contribution is -0.140. The van der Waals surface area contributed by atoms with E-state index >= 15 is 0 Å². The molecule has 0 aliphatic carbocycles. The number of anilines is 1. The first kappa shape index (κ1) is 34.5. The summed E-state index contributed by atoms with van der Waals surface area (Å²) < 4.78 is 66.8. The van der Waals surface area contributed by atoms with E-state index in [-0.39, 0.29) is 39.6 Å².